The smallest absolute Gasteiger partial charge is 0.251 e. The molecule has 0 bridgehead atoms. The molecule has 1 atom stereocenters. The van der Waals surface area contributed by atoms with Gasteiger partial charge in [-0.15, -0.1) is 0 Å². The molecule has 0 aromatic heterocycles. The van der Waals surface area contributed by atoms with Crippen LogP contribution in [0.1, 0.15) is 44.3 Å². The highest BCUT2D eigenvalue weighted by Gasteiger charge is 2.20. The van der Waals surface area contributed by atoms with Crippen molar-refractivity contribution in [3.05, 3.63) is 107 Å². The topological polar surface area (TPSA) is 70.0 Å². The summed E-state index contributed by atoms with van der Waals surface area (Å²) in [7, 11) is 0. The van der Waals surface area contributed by atoms with E-state index in [9.17, 15) is 9.59 Å². The lowest BCUT2D eigenvalue weighted by Gasteiger charge is -2.19. The third kappa shape index (κ3) is 4.68. The van der Waals surface area contributed by atoms with Crippen LogP contribution in [0, 0.1) is 11.3 Å². The minimum atomic E-state index is -0.488. The molecule has 1 amide bonds. The number of nitrogens with zero attached hydrogens (tertiary/aromatic N) is 1. The number of carbonyl (C=O) groups is 2. The summed E-state index contributed by atoms with van der Waals surface area (Å²) in [5.74, 6) is -0.302. The van der Waals surface area contributed by atoms with Crippen molar-refractivity contribution in [2.45, 2.75) is 12.5 Å². The summed E-state index contributed by atoms with van der Waals surface area (Å²) >= 11 is 0. The molecule has 0 fully saturated rings. The lowest BCUT2D eigenvalue weighted by molar-refractivity contribution is 0.0912. The van der Waals surface area contributed by atoms with Gasteiger partial charge in [-0.1, -0.05) is 60.7 Å². The molecule has 0 unspecified atom stereocenters. The molecule has 0 spiro atoms. The van der Waals surface area contributed by atoms with Gasteiger partial charge in [-0.25, -0.2) is 0 Å². The maximum atomic E-state index is 12.7. The van der Waals surface area contributed by atoms with Crippen molar-refractivity contribution >= 4 is 11.7 Å². The quantitative estimate of drug-likeness (QED) is 0.671. The molecule has 0 radical (unpaired) electrons. The van der Waals surface area contributed by atoms with Gasteiger partial charge in [0.25, 0.3) is 5.91 Å². The maximum absolute atomic E-state index is 12.7. The highest BCUT2D eigenvalue weighted by Crippen LogP contribution is 2.21. The molecule has 4 heteroatoms. The number of hydrogen-bond acceptors (Lipinski definition) is 3. The summed E-state index contributed by atoms with van der Waals surface area (Å²) in [6.07, 6.45) is 0.133. The van der Waals surface area contributed by atoms with Crippen molar-refractivity contribution < 1.29 is 9.59 Å². The number of ketones is 1. The molecule has 0 saturated heterocycles. The zero-order valence-electron chi connectivity index (χ0n) is 14.6. The third-order valence-corrected chi connectivity index (χ3v) is 4.27. The Kier molecular flexibility index (Phi) is 5.76. The zero-order chi connectivity index (χ0) is 19.1. The Morgan fingerprint density at radius 2 is 1.37 bits per heavy atom. The summed E-state index contributed by atoms with van der Waals surface area (Å²) in [5, 5.41) is 11.9. The molecule has 0 saturated carbocycles. The summed E-state index contributed by atoms with van der Waals surface area (Å²) in [6, 6.07) is 26.4. The molecule has 0 aliphatic carbocycles. The van der Waals surface area contributed by atoms with Gasteiger partial charge in [0.1, 0.15) is 0 Å². The van der Waals surface area contributed by atoms with Gasteiger partial charge in [0.15, 0.2) is 5.78 Å². The number of nitriles is 1. The summed E-state index contributed by atoms with van der Waals surface area (Å²) in [4.78, 5) is 25.3. The Hall–Kier alpha value is -3.71. The van der Waals surface area contributed by atoms with Gasteiger partial charge in [-0.2, -0.15) is 5.26 Å². The lowest BCUT2D eigenvalue weighted by atomic mass is 9.96. The minimum absolute atomic E-state index is 0.0571. The number of amides is 1. The number of rotatable bonds is 6. The van der Waals surface area contributed by atoms with Crippen LogP contribution in [0.15, 0.2) is 84.9 Å². The van der Waals surface area contributed by atoms with E-state index in [1.54, 1.807) is 60.7 Å². The predicted molar refractivity (Wildman–Crippen MR) is 103 cm³/mol. The second-order valence-electron chi connectivity index (χ2n) is 6.12. The highest BCUT2D eigenvalue weighted by molar-refractivity contribution is 5.98. The SMILES string of the molecule is N#Cc1ccc([C@H](CC(=O)c2ccccc2)NC(=O)c2ccccc2)cc1. The minimum Gasteiger partial charge on any atom is -0.345 e. The van der Waals surface area contributed by atoms with Crippen molar-refractivity contribution in [1.29, 1.82) is 5.26 Å². The van der Waals surface area contributed by atoms with Crippen molar-refractivity contribution in [3.63, 3.8) is 0 Å². The average molecular weight is 354 g/mol. The molecule has 0 aliphatic heterocycles. The Labute approximate surface area is 158 Å². The van der Waals surface area contributed by atoms with E-state index in [2.05, 4.69) is 11.4 Å². The number of benzene rings is 3. The standard InChI is InChI=1S/C23H18N2O2/c24-16-17-11-13-18(14-12-17)21(15-22(26)19-7-3-1-4-8-19)25-23(27)20-9-5-2-6-10-20/h1-14,21H,15H2,(H,25,27)/t21-/m0/s1. The van der Waals surface area contributed by atoms with Crippen LogP contribution in [0.2, 0.25) is 0 Å². The van der Waals surface area contributed by atoms with Crippen LogP contribution >= 0.6 is 0 Å². The highest BCUT2D eigenvalue weighted by atomic mass is 16.2. The van der Waals surface area contributed by atoms with Crippen LogP contribution in [0.4, 0.5) is 0 Å². The Morgan fingerprint density at radius 3 is 1.93 bits per heavy atom. The lowest BCUT2D eigenvalue weighted by Crippen LogP contribution is -2.30. The van der Waals surface area contributed by atoms with E-state index in [1.165, 1.54) is 0 Å². The second kappa shape index (κ2) is 8.59. The van der Waals surface area contributed by atoms with Gasteiger partial charge in [-0.3, -0.25) is 9.59 Å². The van der Waals surface area contributed by atoms with Crippen LogP contribution < -0.4 is 5.32 Å². The van der Waals surface area contributed by atoms with Crippen LogP contribution in [0.5, 0.6) is 0 Å². The van der Waals surface area contributed by atoms with Crippen LogP contribution in [-0.2, 0) is 0 Å². The molecule has 3 aromatic carbocycles. The largest absolute Gasteiger partial charge is 0.345 e. The first-order valence-corrected chi connectivity index (χ1v) is 8.61. The van der Waals surface area contributed by atoms with E-state index < -0.39 is 6.04 Å². The third-order valence-electron chi connectivity index (χ3n) is 4.27. The first kappa shape index (κ1) is 18.1. The van der Waals surface area contributed by atoms with Gasteiger partial charge in [-0.05, 0) is 29.8 Å². The van der Waals surface area contributed by atoms with Crippen molar-refractivity contribution in [1.82, 2.24) is 5.32 Å². The number of nitrogens with one attached hydrogen (secondary N) is 1. The molecule has 132 valence electrons. The van der Waals surface area contributed by atoms with Gasteiger partial charge in [0.05, 0.1) is 17.7 Å². The van der Waals surface area contributed by atoms with Crippen molar-refractivity contribution in [3.8, 4) is 6.07 Å². The summed E-state index contributed by atoms with van der Waals surface area (Å²) < 4.78 is 0. The molecular weight excluding hydrogens is 336 g/mol. The van der Waals surface area contributed by atoms with E-state index in [4.69, 9.17) is 5.26 Å². The van der Waals surface area contributed by atoms with Crippen molar-refractivity contribution in [2.24, 2.45) is 0 Å². The molecule has 4 nitrogen and oxygen atoms in total. The molecule has 3 aromatic rings. The van der Waals surface area contributed by atoms with E-state index in [-0.39, 0.29) is 18.1 Å². The maximum Gasteiger partial charge on any atom is 0.251 e. The molecule has 3 rings (SSSR count). The second-order valence-corrected chi connectivity index (χ2v) is 6.12. The van der Waals surface area contributed by atoms with Gasteiger partial charge < -0.3 is 5.32 Å². The summed E-state index contributed by atoms with van der Waals surface area (Å²) in [6.45, 7) is 0. The van der Waals surface area contributed by atoms with E-state index >= 15 is 0 Å². The molecule has 1 N–H and O–H groups in total. The van der Waals surface area contributed by atoms with Crippen LogP contribution in [0.3, 0.4) is 0 Å². The van der Waals surface area contributed by atoms with Crippen LogP contribution in [0.25, 0.3) is 0 Å². The average Bonchev–Trinajstić information content (AvgIpc) is 2.74. The zero-order valence-corrected chi connectivity index (χ0v) is 14.6. The number of hydrogen-bond donors (Lipinski definition) is 1. The van der Waals surface area contributed by atoms with E-state index in [0.29, 0.717) is 16.7 Å². The first-order valence-electron chi connectivity index (χ1n) is 8.61. The molecule has 0 aliphatic rings. The first-order chi connectivity index (χ1) is 13.2. The van der Waals surface area contributed by atoms with E-state index in [1.807, 2.05) is 24.3 Å². The Morgan fingerprint density at radius 1 is 0.815 bits per heavy atom. The van der Waals surface area contributed by atoms with Gasteiger partial charge in [0, 0.05) is 17.5 Å². The fourth-order valence-electron chi connectivity index (χ4n) is 2.80. The fraction of sp³-hybridized carbons (Fsp3) is 0.0870. The fourth-order valence-corrected chi connectivity index (χ4v) is 2.80. The van der Waals surface area contributed by atoms with Gasteiger partial charge in [0.2, 0.25) is 0 Å². The predicted octanol–water partition coefficient (Wildman–Crippen LogP) is 4.30. The van der Waals surface area contributed by atoms with Crippen molar-refractivity contribution in [2.75, 3.05) is 0 Å². The normalized spacial score (nSPS) is 11.2. The molecule has 27 heavy (non-hydrogen) atoms. The van der Waals surface area contributed by atoms with Crippen LogP contribution in [-0.4, -0.2) is 11.7 Å². The summed E-state index contributed by atoms with van der Waals surface area (Å²) in [5.41, 5.74) is 2.44. The van der Waals surface area contributed by atoms with Gasteiger partial charge >= 0.3 is 0 Å². The number of carbonyl (C=O) groups excluding carboxylic acids is 2. The number of Topliss-reactive ketones (excluding diaryl/α,β-unsaturated/α-hetero) is 1. The molecular formula is C23H18N2O2. The van der Waals surface area contributed by atoms with E-state index in [0.717, 1.165) is 5.56 Å². The Bertz CT molecular complexity index is 905. The molecule has 0 heterocycles. The Balaban J connectivity index is 1.85. The monoisotopic (exact) mass is 354 g/mol.